The Labute approximate surface area is 164 Å². The van der Waals surface area contributed by atoms with Gasteiger partial charge >= 0.3 is 5.97 Å². The van der Waals surface area contributed by atoms with Crippen molar-refractivity contribution in [1.29, 1.82) is 0 Å². The second-order valence-electron chi connectivity index (χ2n) is 6.68. The molecule has 3 aromatic rings. The highest BCUT2D eigenvalue weighted by Gasteiger charge is 2.14. The fourth-order valence-electron chi connectivity index (χ4n) is 2.93. The first kappa shape index (κ1) is 19.5. The number of esters is 1. The van der Waals surface area contributed by atoms with Crippen LogP contribution in [0.3, 0.4) is 0 Å². The molecule has 0 unspecified atom stereocenters. The van der Waals surface area contributed by atoms with Gasteiger partial charge in [-0.15, -0.1) is 0 Å². The fraction of sp³-hybridized carbons (Fsp3) is 0.273. The number of rotatable bonds is 6. The number of ether oxygens (including phenoxy) is 3. The molecule has 0 aliphatic rings. The Balaban J connectivity index is 1.87. The summed E-state index contributed by atoms with van der Waals surface area (Å²) in [7, 11) is 1.34. The van der Waals surface area contributed by atoms with Crippen LogP contribution in [0.1, 0.15) is 35.7 Å². The molecule has 0 saturated carbocycles. The van der Waals surface area contributed by atoms with Gasteiger partial charge < -0.3 is 18.7 Å². The molecular weight excluding hydrogens is 358 g/mol. The standard InChI is InChI=1S/C22H23NO5/c1-13(2)26-19-10-17(22(24)25-5)11-20(12-19)27-18-8-6-16(7-9-18)21-14(3)23-28-15(21)4/h6-13H,1-5H3. The molecule has 0 amide bonds. The van der Waals surface area contributed by atoms with Crippen LogP contribution in [0.15, 0.2) is 47.0 Å². The molecule has 0 N–H and O–H groups in total. The van der Waals surface area contributed by atoms with Crippen molar-refractivity contribution in [2.24, 2.45) is 0 Å². The van der Waals surface area contributed by atoms with Crippen molar-refractivity contribution in [2.45, 2.75) is 33.8 Å². The molecule has 3 rings (SSSR count). The second kappa shape index (κ2) is 8.17. The Morgan fingerprint density at radius 1 is 1.00 bits per heavy atom. The van der Waals surface area contributed by atoms with Crippen LogP contribution in [0.25, 0.3) is 11.1 Å². The average molecular weight is 381 g/mol. The highest BCUT2D eigenvalue weighted by atomic mass is 16.5. The van der Waals surface area contributed by atoms with Gasteiger partial charge in [0.15, 0.2) is 0 Å². The van der Waals surface area contributed by atoms with Crippen LogP contribution < -0.4 is 9.47 Å². The number of carbonyl (C=O) groups excluding carboxylic acids is 1. The number of hydrogen-bond acceptors (Lipinski definition) is 6. The zero-order valence-corrected chi connectivity index (χ0v) is 16.6. The van der Waals surface area contributed by atoms with E-state index in [0.29, 0.717) is 22.8 Å². The molecular formula is C22H23NO5. The SMILES string of the molecule is COC(=O)c1cc(Oc2ccc(-c3c(C)noc3C)cc2)cc(OC(C)C)c1. The Morgan fingerprint density at radius 2 is 1.68 bits per heavy atom. The predicted molar refractivity (Wildman–Crippen MR) is 105 cm³/mol. The van der Waals surface area contributed by atoms with Gasteiger partial charge in [-0.25, -0.2) is 4.79 Å². The molecule has 0 atom stereocenters. The van der Waals surface area contributed by atoms with Gasteiger partial charge in [-0.05, 0) is 57.5 Å². The molecule has 6 heteroatoms. The van der Waals surface area contributed by atoms with E-state index in [4.69, 9.17) is 18.7 Å². The highest BCUT2D eigenvalue weighted by Crippen LogP contribution is 2.32. The molecule has 0 spiro atoms. The summed E-state index contributed by atoms with van der Waals surface area (Å²) in [6.07, 6.45) is -0.0323. The number of carbonyl (C=O) groups is 1. The maximum absolute atomic E-state index is 11.9. The normalized spacial score (nSPS) is 10.8. The second-order valence-corrected chi connectivity index (χ2v) is 6.68. The van der Waals surface area contributed by atoms with Crippen LogP contribution in [0.4, 0.5) is 0 Å². The predicted octanol–water partition coefficient (Wildman–Crippen LogP) is 5.32. The number of aryl methyl sites for hydroxylation is 2. The van der Waals surface area contributed by atoms with E-state index in [-0.39, 0.29) is 6.10 Å². The van der Waals surface area contributed by atoms with Crippen LogP contribution in [0, 0.1) is 13.8 Å². The maximum Gasteiger partial charge on any atom is 0.338 e. The summed E-state index contributed by atoms with van der Waals surface area (Å²) in [6.45, 7) is 7.62. The summed E-state index contributed by atoms with van der Waals surface area (Å²) >= 11 is 0. The smallest absolute Gasteiger partial charge is 0.338 e. The van der Waals surface area contributed by atoms with Gasteiger partial charge in [0.25, 0.3) is 0 Å². The zero-order chi connectivity index (χ0) is 20.3. The van der Waals surface area contributed by atoms with E-state index < -0.39 is 5.97 Å². The van der Waals surface area contributed by atoms with E-state index >= 15 is 0 Å². The summed E-state index contributed by atoms with van der Waals surface area (Å²) in [6, 6.07) is 12.6. The molecule has 0 saturated heterocycles. The molecule has 146 valence electrons. The van der Waals surface area contributed by atoms with Gasteiger partial charge in [-0.1, -0.05) is 17.3 Å². The maximum atomic E-state index is 11.9. The van der Waals surface area contributed by atoms with Crippen molar-refractivity contribution in [3.05, 3.63) is 59.5 Å². The van der Waals surface area contributed by atoms with Gasteiger partial charge in [0.1, 0.15) is 23.0 Å². The largest absolute Gasteiger partial charge is 0.491 e. The van der Waals surface area contributed by atoms with Crippen LogP contribution in [-0.2, 0) is 4.74 Å². The molecule has 1 aromatic heterocycles. The molecule has 0 fully saturated rings. The fourth-order valence-corrected chi connectivity index (χ4v) is 2.93. The summed E-state index contributed by atoms with van der Waals surface area (Å²) in [4.78, 5) is 11.9. The lowest BCUT2D eigenvalue weighted by Crippen LogP contribution is -2.07. The van der Waals surface area contributed by atoms with Crippen LogP contribution in [0.2, 0.25) is 0 Å². The van der Waals surface area contributed by atoms with Gasteiger partial charge in [0.2, 0.25) is 0 Å². The number of methoxy groups -OCH3 is 1. The Kier molecular flexibility index (Phi) is 5.68. The van der Waals surface area contributed by atoms with E-state index in [2.05, 4.69) is 5.16 Å². The third-order valence-corrected chi connectivity index (χ3v) is 4.08. The summed E-state index contributed by atoms with van der Waals surface area (Å²) in [5.74, 6) is 1.98. The minimum absolute atomic E-state index is 0.0323. The highest BCUT2D eigenvalue weighted by molar-refractivity contribution is 5.90. The van der Waals surface area contributed by atoms with Crippen LogP contribution in [0.5, 0.6) is 17.2 Å². The first-order chi connectivity index (χ1) is 13.4. The molecule has 0 radical (unpaired) electrons. The minimum atomic E-state index is -0.451. The quantitative estimate of drug-likeness (QED) is 0.538. The van der Waals surface area contributed by atoms with E-state index in [1.807, 2.05) is 52.0 Å². The van der Waals surface area contributed by atoms with Crippen molar-refractivity contribution >= 4 is 5.97 Å². The molecule has 28 heavy (non-hydrogen) atoms. The Hall–Kier alpha value is -3.28. The van der Waals surface area contributed by atoms with E-state index in [1.54, 1.807) is 18.2 Å². The monoisotopic (exact) mass is 381 g/mol. The third-order valence-electron chi connectivity index (χ3n) is 4.08. The van der Waals surface area contributed by atoms with Crippen molar-refractivity contribution in [2.75, 3.05) is 7.11 Å². The van der Waals surface area contributed by atoms with Crippen molar-refractivity contribution < 1.29 is 23.5 Å². The van der Waals surface area contributed by atoms with E-state index in [0.717, 1.165) is 22.6 Å². The molecule has 0 aliphatic heterocycles. The van der Waals surface area contributed by atoms with Crippen molar-refractivity contribution in [1.82, 2.24) is 5.16 Å². The summed E-state index contributed by atoms with van der Waals surface area (Å²) in [5.41, 5.74) is 3.18. The third kappa shape index (κ3) is 4.34. The first-order valence-corrected chi connectivity index (χ1v) is 8.98. The van der Waals surface area contributed by atoms with Crippen LogP contribution >= 0.6 is 0 Å². The summed E-state index contributed by atoms with van der Waals surface area (Å²) in [5, 5.41) is 3.99. The van der Waals surface area contributed by atoms with E-state index in [9.17, 15) is 4.79 Å². The van der Waals surface area contributed by atoms with Gasteiger partial charge in [0, 0.05) is 11.6 Å². The lowest BCUT2D eigenvalue weighted by Gasteiger charge is -2.13. The molecule has 2 aromatic carbocycles. The Morgan fingerprint density at radius 3 is 2.25 bits per heavy atom. The van der Waals surface area contributed by atoms with E-state index in [1.165, 1.54) is 7.11 Å². The summed E-state index contributed by atoms with van der Waals surface area (Å²) < 4.78 is 21.7. The lowest BCUT2D eigenvalue weighted by atomic mass is 10.0. The minimum Gasteiger partial charge on any atom is -0.491 e. The topological polar surface area (TPSA) is 70.8 Å². The Bertz CT molecular complexity index is 954. The lowest BCUT2D eigenvalue weighted by molar-refractivity contribution is 0.0599. The van der Waals surface area contributed by atoms with Gasteiger partial charge in [-0.3, -0.25) is 0 Å². The number of hydrogen-bond donors (Lipinski definition) is 0. The average Bonchev–Trinajstić information content (AvgIpc) is 2.99. The van der Waals surface area contributed by atoms with Crippen LogP contribution in [-0.4, -0.2) is 24.3 Å². The molecule has 0 bridgehead atoms. The number of nitrogens with zero attached hydrogens (tertiary/aromatic N) is 1. The number of aromatic nitrogens is 1. The van der Waals surface area contributed by atoms with Gasteiger partial charge in [-0.2, -0.15) is 0 Å². The first-order valence-electron chi connectivity index (χ1n) is 8.98. The molecule has 6 nitrogen and oxygen atoms in total. The van der Waals surface area contributed by atoms with Gasteiger partial charge in [0.05, 0.1) is 24.5 Å². The molecule has 0 aliphatic carbocycles. The van der Waals surface area contributed by atoms with Crippen molar-refractivity contribution in [3.8, 4) is 28.4 Å². The number of benzene rings is 2. The zero-order valence-electron chi connectivity index (χ0n) is 16.6. The molecule has 1 heterocycles. The van der Waals surface area contributed by atoms with Crippen molar-refractivity contribution in [3.63, 3.8) is 0 Å².